The topological polar surface area (TPSA) is 16.8 Å². The standard InChI is InChI=1S/C30H31N2/c1-22-16-17-25(23-10-5-3-6-11-23)20-27(22)28-14-9-15-29(31-28)30-21-26(18-19-32(30)2)24-12-7-4-8-13-24/h3,5-6,9-11,14-21,24H,4,7-8,12-13H2,1-2H3/q+1. The fraction of sp³-hybridized carbons (Fsp3) is 0.267. The first-order valence-electron chi connectivity index (χ1n) is 11.8. The number of aryl methyl sites for hydroxylation is 2. The van der Waals surface area contributed by atoms with Crippen molar-refractivity contribution in [2.24, 2.45) is 7.05 Å². The van der Waals surface area contributed by atoms with Crippen LogP contribution in [0.15, 0.2) is 85.1 Å². The van der Waals surface area contributed by atoms with Gasteiger partial charge in [-0.05, 0) is 66.1 Å². The van der Waals surface area contributed by atoms with Gasteiger partial charge in [-0.2, -0.15) is 4.57 Å². The molecule has 0 radical (unpaired) electrons. The zero-order valence-electron chi connectivity index (χ0n) is 19.1. The van der Waals surface area contributed by atoms with Crippen LogP contribution in [0.1, 0.15) is 49.1 Å². The van der Waals surface area contributed by atoms with Crippen LogP contribution in [0.3, 0.4) is 0 Å². The third kappa shape index (κ3) is 4.23. The van der Waals surface area contributed by atoms with Gasteiger partial charge in [-0.3, -0.25) is 0 Å². The van der Waals surface area contributed by atoms with Crippen LogP contribution in [-0.4, -0.2) is 4.98 Å². The van der Waals surface area contributed by atoms with Crippen molar-refractivity contribution in [3.8, 4) is 33.8 Å². The third-order valence-corrected chi connectivity index (χ3v) is 6.88. The molecule has 0 bridgehead atoms. The molecule has 0 unspecified atom stereocenters. The van der Waals surface area contributed by atoms with Gasteiger partial charge < -0.3 is 0 Å². The van der Waals surface area contributed by atoms with E-state index in [9.17, 15) is 0 Å². The summed E-state index contributed by atoms with van der Waals surface area (Å²) in [4.78, 5) is 5.14. The van der Waals surface area contributed by atoms with Crippen molar-refractivity contribution < 1.29 is 4.57 Å². The Bertz CT molecular complexity index is 1220. The van der Waals surface area contributed by atoms with E-state index in [1.54, 1.807) is 0 Å². The zero-order valence-corrected chi connectivity index (χ0v) is 19.1. The summed E-state index contributed by atoms with van der Waals surface area (Å²) in [6.45, 7) is 2.17. The smallest absolute Gasteiger partial charge is 0.231 e. The van der Waals surface area contributed by atoms with Crippen LogP contribution in [0.5, 0.6) is 0 Å². The molecule has 0 aliphatic heterocycles. The van der Waals surface area contributed by atoms with Crippen LogP contribution >= 0.6 is 0 Å². The van der Waals surface area contributed by atoms with Crippen LogP contribution in [0.2, 0.25) is 0 Å². The van der Waals surface area contributed by atoms with Gasteiger partial charge in [-0.25, -0.2) is 4.98 Å². The molecular weight excluding hydrogens is 388 g/mol. The molecule has 2 heteroatoms. The predicted octanol–water partition coefficient (Wildman–Crippen LogP) is 7.26. The zero-order chi connectivity index (χ0) is 21.9. The quantitative estimate of drug-likeness (QED) is 0.318. The van der Waals surface area contributed by atoms with E-state index in [1.165, 1.54) is 65.6 Å². The molecule has 4 aromatic rings. The number of benzene rings is 2. The molecule has 160 valence electrons. The van der Waals surface area contributed by atoms with E-state index in [0.717, 1.165) is 11.4 Å². The van der Waals surface area contributed by atoms with Crippen molar-refractivity contribution in [2.45, 2.75) is 44.9 Å². The highest BCUT2D eigenvalue weighted by atomic mass is 14.9. The molecule has 0 saturated heterocycles. The molecule has 0 N–H and O–H groups in total. The van der Waals surface area contributed by atoms with Crippen molar-refractivity contribution in [1.82, 2.24) is 4.98 Å². The van der Waals surface area contributed by atoms with Crippen molar-refractivity contribution in [3.63, 3.8) is 0 Å². The van der Waals surface area contributed by atoms with Crippen LogP contribution in [-0.2, 0) is 7.05 Å². The lowest BCUT2D eigenvalue weighted by Crippen LogP contribution is -2.31. The molecule has 0 amide bonds. The number of aromatic nitrogens is 2. The van der Waals surface area contributed by atoms with Crippen LogP contribution < -0.4 is 4.57 Å². The van der Waals surface area contributed by atoms with E-state index >= 15 is 0 Å². The Morgan fingerprint density at radius 1 is 0.750 bits per heavy atom. The number of hydrogen-bond donors (Lipinski definition) is 0. The highest BCUT2D eigenvalue weighted by Crippen LogP contribution is 2.34. The highest BCUT2D eigenvalue weighted by Gasteiger charge is 2.20. The van der Waals surface area contributed by atoms with Gasteiger partial charge in [0.05, 0.1) is 5.69 Å². The lowest BCUT2D eigenvalue weighted by molar-refractivity contribution is -0.660. The minimum Gasteiger partial charge on any atom is -0.241 e. The SMILES string of the molecule is Cc1ccc(-c2ccccc2)cc1-c1cccc(-c2cc(C3CCCCC3)cc[n+]2C)n1. The van der Waals surface area contributed by atoms with E-state index in [0.29, 0.717) is 5.92 Å². The van der Waals surface area contributed by atoms with Gasteiger partial charge >= 0.3 is 0 Å². The van der Waals surface area contributed by atoms with E-state index in [4.69, 9.17) is 4.98 Å². The molecule has 1 aliphatic rings. The molecule has 1 aliphatic carbocycles. The Morgan fingerprint density at radius 2 is 1.53 bits per heavy atom. The maximum atomic E-state index is 5.14. The summed E-state index contributed by atoms with van der Waals surface area (Å²) in [7, 11) is 2.12. The van der Waals surface area contributed by atoms with E-state index < -0.39 is 0 Å². The Morgan fingerprint density at radius 3 is 2.34 bits per heavy atom. The molecular formula is C30H31N2+. The summed E-state index contributed by atoms with van der Waals surface area (Å²) in [5.74, 6) is 0.691. The molecule has 0 atom stereocenters. The summed E-state index contributed by atoms with van der Waals surface area (Å²) in [5.41, 5.74) is 9.61. The average molecular weight is 420 g/mol. The summed E-state index contributed by atoms with van der Waals surface area (Å²) >= 11 is 0. The van der Waals surface area contributed by atoms with Gasteiger partial charge in [0, 0.05) is 17.7 Å². The minimum absolute atomic E-state index is 0.691. The van der Waals surface area contributed by atoms with Gasteiger partial charge in [-0.1, -0.05) is 67.8 Å². The molecule has 2 aromatic heterocycles. The van der Waals surface area contributed by atoms with Gasteiger partial charge in [-0.15, -0.1) is 0 Å². The first kappa shape index (κ1) is 20.6. The largest absolute Gasteiger partial charge is 0.241 e. The second-order valence-corrected chi connectivity index (χ2v) is 9.09. The monoisotopic (exact) mass is 419 g/mol. The summed E-state index contributed by atoms with van der Waals surface area (Å²) in [6.07, 6.45) is 8.92. The van der Waals surface area contributed by atoms with E-state index in [1.807, 2.05) is 0 Å². The number of hydrogen-bond acceptors (Lipinski definition) is 1. The second-order valence-electron chi connectivity index (χ2n) is 9.09. The van der Waals surface area contributed by atoms with Crippen molar-refractivity contribution in [1.29, 1.82) is 0 Å². The molecule has 5 rings (SSSR count). The normalized spacial score (nSPS) is 14.4. The van der Waals surface area contributed by atoms with E-state index in [2.05, 4.69) is 104 Å². The molecule has 2 heterocycles. The van der Waals surface area contributed by atoms with Gasteiger partial charge in [0.15, 0.2) is 6.20 Å². The summed E-state index contributed by atoms with van der Waals surface area (Å²) < 4.78 is 2.20. The maximum absolute atomic E-state index is 5.14. The van der Waals surface area contributed by atoms with Crippen LogP contribution in [0.4, 0.5) is 0 Å². The van der Waals surface area contributed by atoms with Crippen molar-refractivity contribution >= 4 is 0 Å². The maximum Gasteiger partial charge on any atom is 0.231 e. The Balaban J connectivity index is 1.53. The first-order chi connectivity index (χ1) is 15.7. The highest BCUT2D eigenvalue weighted by molar-refractivity contribution is 5.74. The number of rotatable bonds is 4. The summed E-state index contributed by atoms with van der Waals surface area (Å²) in [5, 5.41) is 0. The lowest BCUT2D eigenvalue weighted by atomic mass is 9.84. The second kappa shape index (κ2) is 9.08. The van der Waals surface area contributed by atoms with Crippen molar-refractivity contribution in [3.05, 3.63) is 96.2 Å². The first-order valence-corrected chi connectivity index (χ1v) is 11.8. The Kier molecular flexibility index (Phi) is 5.85. The Labute approximate surface area is 191 Å². The van der Waals surface area contributed by atoms with E-state index in [-0.39, 0.29) is 0 Å². The molecule has 32 heavy (non-hydrogen) atoms. The third-order valence-electron chi connectivity index (χ3n) is 6.88. The average Bonchev–Trinajstić information content (AvgIpc) is 2.86. The van der Waals surface area contributed by atoms with Crippen molar-refractivity contribution in [2.75, 3.05) is 0 Å². The minimum atomic E-state index is 0.691. The fourth-order valence-corrected chi connectivity index (χ4v) is 4.97. The van der Waals surface area contributed by atoms with Gasteiger partial charge in [0.2, 0.25) is 5.69 Å². The lowest BCUT2D eigenvalue weighted by Gasteiger charge is -2.21. The molecule has 0 spiro atoms. The molecule has 2 aromatic carbocycles. The van der Waals surface area contributed by atoms with Crippen LogP contribution in [0, 0.1) is 6.92 Å². The molecule has 2 nitrogen and oxygen atoms in total. The molecule has 1 fully saturated rings. The predicted molar refractivity (Wildman–Crippen MR) is 132 cm³/mol. The Hall–Kier alpha value is -3.26. The number of nitrogens with zero attached hydrogens (tertiary/aromatic N) is 2. The summed E-state index contributed by atoms with van der Waals surface area (Å²) in [6, 6.07) is 28.3. The van der Waals surface area contributed by atoms with Gasteiger partial charge in [0.1, 0.15) is 12.7 Å². The number of pyridine rings is 2. The van der Waals surface area contributed by atoms with Gasteiger partial charge in [0.25, 0.3) is 0 Å². The molecule has 1 saturated carbocycles. The fourth-order valence-electron chi connectivity index (χ4n) is 4.97. The van der Waals surface area contributed by atoms with Crippen LogP contribution in [0.25, 0.3) is 33.8 Å².